The summed E-state index contributed by atoms with van der Waals surface area (Å²) in [6.07, 6.45) is 4.47. The molecule has 1 aromatic carbocycles. The summed E-state index contributed by atoms with van der Waals surface area (Å²) >= 11 is 0. The molecule has 5 heteroatoms. The lowest BCUT2D eigenvalue weighted by Gasteiger charge is -2.61. The van der Waals surface area contributed by atoms with Gasteiger partial charge in [-0.25, -0.2) is 0 Å². The summed E-state index contributed by atoms with van der Waals surface area (Å²) in [6, 6.07) is 3.73. The molecule has 6 atom stereocenters. The van der Waals surface area contributed by atoms with Crippen molar-refractivity contribution in [2.24, 2.45) is 16.7 Å². The summed E-state index contributed by atoms with van der Waals surface area (Å²) in [4.78, 5) is 24.0. The van der Waals surface area contributed by atoms with Crippen LogP contribution in [0.4, 0.5) is 0 Å². The fraction of sp³-hybridized carbons (Fsp3) is 0.474. The van der Waals surface area contributed by atoms with Gasteiger partial charge in [0, 0.05) is 17.9 Å². The molecule has 0 amide bonds. The van der Waals surface area contributed by atoms with Crippen molar-refractivity contribution in [3.05, 3.63) is 35.4 Å². The van der Waals surface area contributed by atoms with Crippen LogP contribution >= 0.6 is 0 Å². The molecule has 5 nitrogen and oxygen atoms in total. The fourth-order valence-electron chi connectivity index (χ4n) is 7.37. The Morgan fingerprint density at radius 1 is 1.42 bits per heavy atom. The van der Waals surface area contributed by atoms with Gasteiger partial charge in [-0.3, -0.25) is 9.59 Å². The molecule has 0 radical (unpaired) electrons. The zero-order valence-electron chi connectivity index (χ0n) is 13.0. The number of benzene rings is 1. The van der Waals surface area contributed by atoms with Gasteiger partial charge in [0.2, 0.25) is 0 Å². The lowest BCUT2D eigenvalue weighted by Crippen LogP contribution is -2.74. The van der Waals surface area contributed by atoms with Crippen LogP contribution in [0.25, 0.3) is 0 Å². The van der Waals surface area contributed by atoms with Crippen LogP contribution in [0, 0.1) is 16.7 Å². The van der Waals surface area contributed by atoms with Crippen molar-refractivity contribution in [1.82, 2.24) is 0 Å². The van der Waals surface area contributed by atoms with Crippen molar-refractivity contribution >= 4 is 11.8 Å². The van der Waals surface area contributed by atoms with E-state index in [1.54, 1.807) is 12.1 Å². The molecule has 4 unspecified atom stereocenters. The van der Waals surface area contributed by atoms with E-state index in [4.69, 9.17) is 9.47 Å². The van der Waals surface area contributed by atoms with Gasteiger partial charge in [-0.15, -0.1) is 0 Å². The monoisotopic (exact) mass is 322 g/mol. The third kappa shape index (κ3) is 0.753. The van der Waals surface area contributed by atoms with E-state index in [9.17, 15) is 14.7 Å². The van der Waals surface area contributed by atoms with E-state index in [-0.39, 0.29) is 16.6 Å². The van der Waals surface area contributed by atoms with Gasteiger partial charge >= 0.3 is 5.97 Å². The van der Waals surface area contributed by atoms with Crippen molar-refractivity contribution in [3.63, 3.8) is 0 Å². The number of esters is 1. The molecule has 1 heterocycles. The van der Waals surface area contributed by atoms with Crippen LogP contribution in [0.5, 0.6) is 11.5 Å². The van der Waals surface area contributed by atoms with Crippen molar-refractivity contribution < 1.29 is 24.2 Å². The summed E-state index contributed by atoms with van der Waals surface area (Å²) < 4.78 is 11.4. The Morgan fingerprint density at radius 3 is 3.04 bits per heavy atom. The van der Waals surface area contributed by atoms with E-state index < -0.39 is 23.1 Å². The molecule has 7 rings (SSSR count). The molecule has 3 saturated carbocycles. The molecule has 120 valence electrons. The van der Waals surface area contributed by atoms with Crippen molar-refractivity contribution in [2.75, 3.05) is 0 Å². The third-order valence-corrected chi connectivity index (χ3v) is 7.86. The van der Waals surface area contributed by atoms with Crippen LogP contribution in [0.3, 0.4) is 0 Å². The molecule has 1 N–H and O–H groups in total. The van der Waals surface area contributed by atoms with Crippen molar-refractivity contribution in [1.29, 1.82) is 0 Å². The normalized spacial score (nSPS) is 51.7. The second-order valence-electron chi connectivity index (χ2n) is 8.30. The zero-order valence-corrected chi connectivity index (χ0v) is 13.0. The largest absolute Gasteiger partial charge is 0.477 e. The van der Waals surface area contributed by atoms with Gasteiger partial charge in [-0.05, 0) is 48.0 Å². The summed E-state index contributed by atoms with van der Waals surface area (Å²) in [5.74, 6) is 0.635. The smallest absolute Gasteiger partial charge is 0.308 e. The predicted molar refractivity (Wildman–Crippen MR) is 79.6 cm³/mol. The van der Waals surface area contributed by atoms with E-state index in [1.165, 1.54) is 13.0 Å². The number of rotatable bonds is 1. The summed E-state index contributed by atoms with van der Waals surface area (Å²) in [5.41, 5.74) is 0.472. The minimum atomic E-state index is -1.01. The molecule has 0 aromatic heterocycles. The summed E-state index contributed by atoms with van der Waals surface area (Å²) in [7, 11) is 0. The van der Waals surface area contributed by atoms with Gasteiger partial charge in [-0.1, -0.05) is 6.07 Å². The lowest BCUT2D eigenvalue weighted by atomic mass is 9.42. The van der Waals surface area contributed by atoms with Crippen molar-refractivity contribution in [3.8, 4) is 11.5 Å². The third-order valence-electron chi connectivity index (χ3n) is 7.86. The number of carbonyl (C=O) groups excluding carboxylic acids is 2. The fourth-order valence-corrected chi connectivity index (χ4v) is 7.37. The Bertz CT molecular complexity index is 978. The van der Waals surface area contributed by atoms with Crippen molar-refractivity contribution in [2.45, 2.75) is 36.9 Å². The molecule has 0 bridgehead atoms. The second-order valence-corrected chi connectivity index (χ2v) is 8.30. The van der Waals surface area contributed by atoms with Crippen LogP contribution in [0.15, 0.2) is 24.3 Å². The van der Waals surface area contributed by atoms with Gasteiger partial charge in [0.25, 0.3) is 0 Å². The number of hydrogen-bond acceptors (Lipinski definition) is 5. The van der Waals surface area contributed by atoms with Crippen LogP contribution in [-0.2, 0) is 21.4 Å². The molecule has 1 aromatic rings. The molecule has 6 aliphatic rings. The SMILES string of the molecule is CC(=O)Oc1ccc2c3c1O[C@H]1C(=O)C=CC4(O)C31C1C3(C2)C[C@@]134. The minimum Gasteiger partial charge on any atom is -0.477 e. The molecular formula is C19H14O5. The number of ketones is 1. The van der Waals surface area contributed by atoms with Gasteiger partial charge < -0.3 is 14.6 Å². The quantitative estimate of drug-likeness (QED) is 0.618. The Labute approximate surface area is 137 Å². The van der Waals surface area contributed by atoms with Crippen LogP contribution < -0.4 is 9.47 Å². The highest BCUT2D eigenvalue weighted by molar-refractivity contribution is 6.01. The lowest BCUT2D eigenvalue weighted by molar-refractivity contribution is -0.178. The van der Waals surface area contributed by atoms with Crippen LogP contribution in [-0.4, -0.2) is 28.6 Å². The highest BCUT2D eigenvalue weighted by atomic mass is 16.6. The number of ether oxygens (including phenoxy) is 2. The first-order valence-electron chi connectivity index (χ1n) is 8.41. The minimum absolute atomic E-state index is 0.0545. The molecule has 3 fully saturated rings. The first-order valence-corrected chi connectivity index (χ1v) is 8.41. The number of carbonyl (C=O) groups is 2. The van der Waals surface area contributed by atoms with Gasteiger partial charge in [0.05, 0.1) is 5.41 Å². The van der Waals surface area contributed by atoms with E-state index in [0.717, 1.165) is 24.0 Å². The summed E-state index contributed by atoms with van der Waals surface area (Å²) in [6.45, 7) is 1.35. The Morgan fingerprint density at radius 2 is 2.25 bits per heavy atom. The Balaban J connectivity index is 1.58. The van der Waals surface area contributed by atoms with Crippen LogP contribution in [0.1, 0.15) is 24.5 Å². The number of aliphatic hydroxyl groups is 1. The molecule has 3 spiro atoms. The Kier molecular flexibility index (Phi) is 1.45. The molecule has 24 heavy (non-hydrogen) atoms. The standard InChI is InChI=1S/C19H14O5/c1-8(20)23-11-3-2-9-6-16-7-17(16)15(16)19-12(9)13(11)24-14(19)10(21)4-5-18(17,19)22/h2-5,14-15,22H,6-7H2,1H3/t14-,15?,16?,17+,18?,19?/m0/s1. The average Bonchev–Trinajstić information content (AvgIpc) is 3.28. The summed E-state index contributed by atoms with van der Waals surface area (Å²) in [5, 5.41) is 11.6. The topological polar surface area (TPSA) is 72.8 Å². The maximum Gasteiger partial charge on any atom is 0.308 e. The number of hydrogen-bond donors (Lipinski definition) is 1. The Hall–Kier alpha value is -2.14. The van der Waals surface area contributed by atoms with Crippen LogP contribution in [0.2, 0.25) is 0 Å². The zero-order chi connectivity index (χ0) is 16.3. The second kappa shape index (κ2) is 2.84. The van der Waals surface area contributed by atoms with E-state index in [2.05, 4.69) is 0 Å². The van der Waals surface area contributed by atoms with Gasteiger partial charge in [0.1, 0.15) is 5.60 Å². The first kappa shape index (κ1) is 12.3. The first-order chi connectivity index (χ1) is 11.4. The molecular weight excluding hydrogens is 308 g/mol. The van der Waals surface area contributed by atoms with Gasteiger partial charge in [0.15, 0.2) is 23.4 Å². The predicted octanol–water partition coefficient (Wildman–Crippen LogP) is 1.06. The van der Waals surface area contributed by atoms with Gasteiger partial charge in [-0.2, -0.15) is 0 Å². The highest BCUT2D eigenvalue weighted by Crippen LogP contribution is 3.09. The molecule has 0 saturated heterocycles. The maximum absolute atomic E-state index is 12.6. The molecule has 1 aliphatic heterocycles. The highest BCUT2D eigenvalue weighted by Gasteiger charge is 3.12. The van der Waals surface area contributed by atoms with E-state index in [1.807, 2.05) is 6.07 Å². The average molecular weight is 322 g/mol. The molecule has 5 aliphatic carbocycles. The van der Waals surface area contributed by atoms with E-state index >= 15 is 0 Å². The van der Waals surface area contributed by atoms with E-state index in [0.29, 0.717) is 17.4 Å². The maximum atomic E-state index is 12.6.